The second-order valence-electron chi connectivity index (χ2n) is 6.69. The third-order valence-corrected chi connectivity index (χ3v) is 4.74. The molecule has 0 fully saturated rings. The van der Waals surface area contributed by atoms with Crippen LogP contribution in [0.5, 0.6) is 0 Å². The van der Waals surface area contributed by atoms with Crippen LogP contribution in [-0.4, -0.2) is 24.3 Å². The number of aliphatic imine (C=N–C) groups is 1. The van der Waals surface area contributed by atoms with E-state index in [-0.39, 0.29) is 0 Å². The second-order valence-corrected chi connectivity index (χ2v) is 6.69. The third kappa shape index (κ3) is 6.68. The van der Waals surface area contributed by atoms with Gasteiger partial charge < -0.3 is 19.9 Å². The molecule has 1 aromatic carbocycles. The summed E-state index contributed by atoms with van der Waals surface area (Å²) in [5.74, 6) is 2.04. The van der Waals surface area contributed by atoms with Crippen molar-refractivity contribution in [2.45, 2.75) is 66.2 Å². The van der Waals surface area contributed by atoms with Gasteiger partial charge in [0.05, 0.1) is 25.4 Å². The molecule has 2 aromatic rings. The Balaban J connectivity index is 1.99. The van der Waals surface area contributed by atoms with Gasteiger partial charge in [-0.3, -0.25) is 0 Å². The molecule has 1 heterocycles. The molecule has 0 bridgehead atoms. The number of hydrogen-bond acceptors (Lipinski definition) is 4. The zero-order valence-corrected chi connectivity index (χ0v) is 17.6. The van der Waals surface area contributed by atoms with Gasteiger partial charge >= 0.3 is 0 Å². The molecule has 0 aliphatic heterocycles. The van der Waals surface area contributed by atoms with E-state index in [4.69, 9.17) is 14.3 Å². The summed E-state index contributed by atoms with van der Waals surface area (Å²) in [6.45, 7) is 11.7. The zero-order valence-electron chi connectivity index (χ0n) is 17.6. The number of nitrogens with zero attached hydrogens (tertiary/aromatic N) is 2. The fraction of sp³-hybridized carbons (Fsp3) is 0.545. The van der Waals surface area contributed by atoms with E-state index in [0.29, 0.717) is 32.2 Å². The van der Waals surface area contributed by atoms with Crippen LogP contribution < -0.4 is 10.6 Å². The monoisotopic (exact) mass is 386 g/mol. The summed E-state index contributed by atoms with van der Waals surface area (Å²) in [5.41, 5.74) is 3.38. The minimum absolute atomic E-state index is 0.459. The maximum atomic E-state index is 5.56. The maximum Gasteiger partial charge on any atom is 0.191 e. The van der Waals surface area contributed by atoms with Gasteiger partial charge in [0, 0.05) is 25.1 Å². The van der Waals surface area contributed by atoms with Gasteiger partial charge in [-0.1, -0.05) is 43.3 Å². The van der Waals surface area contributed by atoms with Gasteiger partial charge in [0.1, 0.15) is 0 Å². The Kier molecular flexibility index (Phi) is 9.55. The number of hydrogen-bond donors (Lipinski definition) is 2. The minimum atomic E-state index is 0.459. The third-order valence-electron chi connectivity index (χ3n) is 4.74. The largest absolute Gasteiger partial charge is 0.377 e. The summed E-state index contributed by atoms with van der Waals surface area (Å²) in [6, 6.07) is 10.3. The molecular formula is C22H34N4O2. The first-order chi connectivity index (χ1) is 13.7. The van der Waals surface area contributed by atoms with E-state index in [9.17, 15) is 0 Å². The molecule has 0 aliphatic rings. The first-order valence-electron chi connectivity index (χ1n) is 10.3. The van der Waals surface area contributed by atoms with Crippen LogP contribution in [0.3, 0.4) is 0 Å². The topological polar surface area (TPSA) is 71.7 Å². The lowest BCUT2D eigenvalue weighted by Crippen LogP contribution is -2.36. The van der Waals surface area contributed by atoms with Crippen LogP contribution in [0.4, 0.5) is 0 Å². The van der Waals surface area contributed by atoms with Crippen molar-refractivity contribution in [3.63, 3.8) is 0 Å². The summed E-state index contributed by atoms with van der Waals surface area (Å²) in [4.78, 5) is 4.72. The second kappa shape index (κ2) is 12.2. The molecule has 0 saturated heterocycles. The van der Waals surface area contributed by atoms with Crippen LogP contribution in [0.2, 0.25) is 0 Å². The highest BCUT2D eigenvalue weighted by atomic mass is 16.5. The predicted octanol–water partition coefficient (Wildman–Crippen LogP) is 4.37. The van der Waals surface area contributed by atoms with Crippen LogP contribution >= 0.6 is 0 Å². The Hall–Kier alpha value is -2.34. The molecule has 0 atom stereocenters. The van der Waals surface area contributed by atoms with E-state index in [2.05, 4.69) is 48.7 Å². The molecule has 0 saturated carbocycles. The Bertz CT molecular complexity index is 723. The lowest BCUT2D eigenvalue weighted by molar-refractivity contribution is 0.133. The molecule has 6 heteroatoms. The normalized spacial score (nSPS) is 11.8. The van der Waals surface area contributed by atoms with Crippen molar-refractivity contribution in [3.05, 3.63) is 52.9 Å². The molecule has 28 heavy (non-hydrogen) atoms. The SMILES string of the molecule is CCNC(=NCc1ccccc1COCC)NCc1cc(C(CC)CC)no1. The van der Waals surface area contributed by atoms with Crippen LogP contribution in [0, 0.1) is 0 Å². The van der Waals surface area contributed by atoms with Gasteiger partial charge in [0.2, 0.25) is 0 Å². The summed E-state index contributed by atoms with van der Waals surface area (Å²) in [6.07, 6.45) is 2.14. The van der Waals surface area contributed by atoms with Gasteiger partial charge in [-0.05, 0) is 37.8 Å². The molecule has 154 valence electrons. The van der Waals surface area contributed by atoms with E-state index in [1.807, 2.05) is 25.1 Å². The summed E-state index contributed by atoms with van der Waals surface area (Å²) < 4.78 is 11.1. The van der Waals surface area contributed by atoms with Crippen LogP contribution in [-0.2, 0) is 24.4 Å². The number of guanidine groups is 1. The van der Waals surface area contributed by atoms with Crippen molar-refractivity contribution < 1.29 is 9.26 Å². The standard InChI is InChI=1S/C22H34N4O2/c1-5-17(6-2)21-13-20(28-26-21)15-25-22(23-7-3)24-14-18-11-9-10-12-19(18)16-27-8-4/h9-13,17H,5-8,14-16H2,1-4H3,(H2,23,24,25). The molecule has 0 spiro atoms. The van der Waals surface area contributed by atoms with Crippen LogP contribution in [0.15, 0.2) is 39.8 Å². The van der Waals surface area contributed by atoms with Crippen molar-refractivity contribution in [3.8, 4) is 0 Å². The predicted molar refractivity (Wildman–Crippen MR) is 113 cm³/mol. The Morgan fingerprint density at radius 2 is 1.86 bits per heavy atom. The first kappa shape index (κ1) is 22.0. The lowest BCUT2D eigenvalue weighted by atomic mass is 9.99. The summed E-state index contributed by atoms with van der Waals surface area (Å²) in [7, 11) is 0. The molecule has 1 aromatic heterocycles. The van der Waals surface area contributed by atoms with Crippen molar-refractivity contribution in [2.24, 2.45) is 4.99 Å². The van der Waals surface area contributed by atoms with E-state index >= 15 is 0 Å². The summed E-state index contributed by atoms with van der Waals surface area (Å²) in [5, 5.41) is 10.8. The number of benzene rings is 1. The maximum absolute atomic E-state index is 5.56. The highest BCUT2D eigenvalue weighted by Crippen LogP contribution is 2.22. The van der Waals surface area contributed by atoms with Crippen molar-refractivity contribution >= 4 is 5.96 Å². The van der Waals surface area contributed by atoms with E-state index in [0.717, 1.165) is 36.8 Å². The Morgan fingerprint density at radius 1 is 1.11 bits per heavy atom. The molecule has 0 aliphatic carbocycles. The number of ether oxygens (including phenoxy) is 1. The number of aromatic nitrogens is 1. The van der Waals surface area contributed by atoms with Crippen molar-refractivity contribution in [1.29, 1.82) is 0 Å². The van der Waals surface area contributed by atoms with Crippen LogP contribution in [0.1, 0.15) is 69.0 Å². The quantitative estimate of drug-likeness (QED) is 0.443. The summed E-state index contributed by atoms with van der Waals surface area (Å²) >= 11 is 0. The van der Waals surface area contributed by atoms with Gasteiger partial charge in [-0.25, -0.2) is 4.99 Å². The van der Waals surface area contributed by atoms with Gasteiger partial charge in [0.25, 0.3) is 0 Å². The Morgan fingerprint density at radius 3 is 2.54 bits per heavy atom. The average Bonchev–Trinajstić information content (AvgIpc) is 3.19. The molecule has 0 unspecified atom stereocenters. The smallest absolute Gasteiger partial charge is 0.191 e. The first-order valence-corrected chi connectivity index (χ1v) is 10.3. The van der Waals surface area contributed by atoms with E-state index in [1.165, 1.54) is 11.1 Å². The number of rotatable bonds is 11. The molecular weight excluding hydrogens is 352 g/mol. The molecule has 0 radical (unpaired) electrons. The highest BCUT2D eigenvalue weighted by molar-refractivity contribution is 5.79. The van der Waals surface area contributed by atoms with Gasteiger partial charge in [-0.15, -0.1) is 0 Å². The van der Waals surface area contributed by atoms with E-state index in [1.54, 1.807) is 0 Å². The average molecular weight is 387 g/mol. The molecule has 6 nitrogen and oxygen atoms in total. The fourth-order valence-electron chi connectivity index (χ4n) is 3.05. The van der Waals surface area contributed by atoms with Crippen molar-refractivity contribution in [2.75, 3.05) is 13.2 Å². The molecule has 2 rings (SSSR count). The Labute approximate surface area is 168 Å². The van der Waals surface area contributed by atoms with E-state index < -0.39 is 0 Å². The van der Waals surface area contributed by atoms with Crippen LogP contribution in [0.25, 0.3) is 0 Å². The van der Waals surface area contributed by atoms with Gasteiger partial charge in [-0.2, -0.15) is 0 Å². The fourth-order valence-corrected chi connectivity index (χ4v) is 3.05. The van der Waals surface area contributed by atoms with Gasteiger partial charge in [0.15, 0.2) is 11.7 Å². The lowest BCUT2D eigenvalue weighted by Gasteiger charge is -2.11. The molecule has 2 N–H and O–H groups in total. The number of nitrogens with one attached hydrogen (secondary N) is 2. The minimum Gasteiger partial charge on any atom is -0.377 e. The molecule has 0 amide bonds. The van der Waals surface area contributed by atoms with Crippen molar-refractivity contribution in [1.82, 2.24) is 15.8 Å². The highest BCUT2D eigenvalue weighted by Gasteiger charge is 2.13. The zero-order chi connectivity index (χ0) is 20.2.